The second-order valence-electron chi connectivity index (χ2n) is 7.22. The minimum absolute atomic E-state index is 0.0871. The minimum Gasteiger partial charge on any atom is -0.353 e. The summed E-state index contributed by atoms with van der Waals surface area (Å²) < 4.78 is 14.1. The molecule has 3 heterocycles. The molecule has 1 aromatic carbocycles. The Morgan fingerprint density at radius 1 is 1.19 bits per heavy atom. The van der Waals surface area contributed by atoms with Crippen LogP contribution in [0.3, 0.4) is 0 Å². The Bertz CT molecular complexity index is 1140. The molecule has 9 heteroatoms. The average molecular weight is 442 g/mol. The van der Waals surface area contributed by atoms with E-state index >= 15 is 0 Å². The number of aromatic nitrogens is 3. The van der Waals surface area contributed by atoms with Crippen LogP contribution in [0.4, 0.5) is 10.2 Å². The van der Waals surface area contributed by atoms with Gasteiger partial charge in [-0.25, -0.2) is 14.4 Å². The molecule has 1 aliphatic heterocycles. The molecular weight excluding hydrogens is 421 g/mol. The molecule has 7 nitrogen and oxygen atoms in total. The molecule has 0 spiro atoms. The number of carbonyl (C=O) groups excluding carboxylic acids is 1. The normalized spacial score (nSPS) is 14.0. The Balaban J connectivity index is 1.44. The zero-order valence-corrected chi connectivity index (χ0v) is 17.7. The monoisotopic (exact) mass is 441 g/mol. The molecule has 0 bridgehead atoms. The second-order valence-corrected chi connectivity index (χ2v) is 7.63. The van der Waals surface area contributed by atoms with Crippen molar-refractivity contribution < 1.29 is 9.18 Å². The molecule has 1 fully saturated rings. The van der Waals surface area contributed by atoms with Gasteiger partial charge >= 0.3 is 0 Å². The zero-order chi connectivity index (χ0) is 22.0. The molecule has 1 saturated heterocycles. The van der Waals surface area contributed by atoms with Crippen molar-refractivity contribution in [3.05, 3.63) is 75.0 Å². The first-order valence-electron chi connectivity index (χ1n) is 10.0. The quantitative estimate of drug-likeness (QED) is 0.672. The number of aryl methyl sites for hydroxylation is 1. The highest BCUT2D eigenvalue weighted by Crippen LogP contribution is 2.23. The number of carbonyl (C=O) groups is 1. The van der Waals surface area contributed by atoms with Gasteiger partial charge in [0.15, 0.2) is 0 Å². The number of hydrogen-bond donors (Lipinski definition) is 1. The highest BCUT2D eigenvalue weighted by Gasteiger charge is 2.26. The maximum absolute atomic E-state index is 14.1. The van der Waals surface area contributed by atoms with Crippen molar-refractivity contribution in [1.29, 1.82) is 0 Å². The van der Waals surface area contributed by atoms with Gasteiger partial charge in [-0.15, -0.1) is 0 Å². The fourth-order valence-electron chi connectivity index (χ4n) is 3.54. The molecule has 1 aliphatic rings. The number of piperazine rings is 1. The number of H-pyrrole nitrogens is 1. The second kappa shape index (κ2) is 8.85. The van der Waals surface area contributed by atoms with Gasteiger partial charge in [0.25, 0.3) is 11.5 Å². The van der Waals surface area contributed by atoms with E-state index in [9.17, 15) is 14.0 Å². The summed E-state index contributed by atoms with van der Waals surface area (Å²) in [7, 11) is 0. The predicted octanol–water partition coefficient (Wildman–Crippen LogP) is 3.15. The molecular formula is C22H21ClFN5O2. The van der Waals surface area contributed by atoms with Crippen LogP contribution in [0, 0.1) is 5.82 Å². The average Bonchev–Trinajstić information content (AvgIpc) is 2.78. The third-order valence-corrected chi connectivity index (χ3v) is 5.56. The maximum Gasteiger partial charge on any atom is 0.258 e. The van der Waals surface area contributed by atoms with E-state index in [2.05, 4.69) is 19.9 Å². The number of rotatable bonds is 4. The third kappa shape index (κ3) is 4.44. The molecule has 0 atom stereocenters. The van der Waals surface area contributed by atoms with Crippen molar-refractivity contribution in [2.45, 2.75) is 13.3 Å². The van der Waals surface area contributed by atoms with Crippen LogP contribution in [0.5, 0.6) is 0 Å². The van der Waals surface area contributed by atoms with Crippen molar-refractivity contribution >= 4 is 23.3 Å². The van der Waals surface area contributed by atoms with Gasteiger partial charge in [0.05, 0.1) is 10.6 Å². The van der Waals surface area contributed by atoms with Crippen molar-refractivity contribution in [3.63, 3.8) is 0 Å². The van der Waals surface area contributed by atoms with Gasteiger partial charge in [0, 0.05) is 49.7 Å². The molecule has 0 radical (unpaired) electrons. The number of halogens is 2. The number of nitrogens with one attached hydrogen (secondary N) is 1. The van der Waals surface area contributed by atoms with Crippen LogP contribution in [-0.4, -0.2) is 51.9 Å². The van der Waals surface area contributed by atoms with Crippen LogP contribution in [0.1, 0.15) is 23.0 Å². The summed E-state index contributed by atoms with van der Waals surface area (Å²) in [6.45, 7) is 3.92. The van der Waals surface area contributed by atoms with Crippen LogP contribution in [0.15, 0.2) is 47.4 Å². The van der Waals surface area contributed by atoms with E-state index in [1.165, 1.54) is 24.3 Å². The van der Waals surface area contributed by atoms with Crippen molar-refractivity contribution in [3.8, 4) is 11.4 Å². The summed E-state index contributed by atoms with van der Waals surface area (Å²) >= 11 is 6.03. The first-order valence-corrected chi connectivity index (χ1v) is 10.4. The number of benzene rings is 1. The molecule has 0 aliphatic carbocycles. The lowest BCUT2D eigenvalue weighted by molar-refractivity contribution is 0.0742. The van der Waals surface area contributed by atoms with Crippen molar-refractivity contribution in [1.82, 2.24) is 19.9 Å². The van der Waals surface area contributed by atoms with Crippen LogP contribution >= 0.6 is 11.6 Å². The fraction of sp³-hybridized carbons (Fsp3) is 0.273. The fourth-order valence-corrected chi connectivity index (χ4v) is 3.78. The predicted molar refractivity (Wildman–Crippen MR) is 117 cm³/mol. The molecule has 31 heavy (non-hydrogen) atoms. The standard InChI is InChI=1S/C22H21ClFN5O2/c1-2-15-12-19(30)27-21(26-15)14-6-7-18(25-13-14)28-8-10-29(11-9-28)22(31)20-16(23)4-3-5-17(20)24/h3-7,12-13H,2,8-11H2,1H3,(H,26,27,30). The minimum atomic E-state index is -0.615. The third-order valence-electron chi connectivity index (χ3n) is 5.25. The number of hydrogen-bond acceptors (Lipinski definition) is 5. The van der Waals surface area contributed by atoms with Crippen LogP contribution in [0.25, 0.3) is 11.4 Å². The SMILES string of the molecule is CCc1cc(=O)[nH]c(-c2ccc(N3CCN(C(=O)c4c(F)cccc4Cl)CC3)nc2)n1. The Hall–Kier alpha value is -3.26. The molecule has 0 saturated carbocycles. The summed E-state index contributed by atoms with van der Waals surface area (Å²) in [4.78, 5) is 39.8. The van der Waals surface area contributed by atoms with Crippen LogP contribution in [0.2, 0.25) is 5.02 Å². The number of nitrogens with zero attached hydrogens (tertiary/aromatic N) is 4. The topological polar surface area (TPSA) is 82.2 Å². The van der Waals surface area contributed by atoms with Gasteiger partial charge in [-0.2, -0.15) is 0 Å². The van der Waals surface area contributed by atoms with Gasteiger partial charge in [-0.05, 0) is 30.7 Å². The maximum atomic E-state index is 14.1. The summed E-state index contributed by atoms with van der Waals surface area (Å²) in [6, 6.07) is 9.43. The molecule has 0 unspecified atom stereocenters. The van der Waals surface area contributed by atoms with Crippen molar-refractivity contribution in [2.24, 2.45) is 0 Å². The Morgan fingerprint density at radius 3 is 2.61 bits per heavy atom. The number of amides is 1. The summed E-state index contributed by atoms with van der Waals surface area (Å²) in [5.41, 5.74) is 1.16. The summed E-state index contributed by atoms with van der Waals surface area (Å²) in [5, 5.41) is 0.114. The number of anilines is 1. The summed E-state index contributed by atoms with van der Waals surface area (Å²) in [5.74, 6) is 0.224. The lowest BCUT2D eigenvalue weighted by atomic mass is 10.1. The lowest BCUT2D eigenvalue weighted by Crippen LogP contribution is -2.49. The summed E-state index contributed by atoms with van der Waals surface area (Å²) in [6.07, 6.45) is 2.34. The number of aromatic amines is 1. The van der Waals surface area contributed by atoms with E-state index in [1.807, 2.05) is 19.1 Å². The van der Waals surface area contributed by atoms with Gasteiger partial charge in [0.2, 0.25) is 0 Å². The van der Waals surface area contributed by atoms with Gasteiger partial charge in [-0.3, -0.25) is 9.59 Å². The Morgan fingerprint density at radius 2 is 1.97 bits per heavy atom. The molecule has 3 aromatic rings. The zero-order valence-electron chi connectivity index (χ0n) is 16.9. The highest BCUT2D eigenvalue weighted by molar-refractivity contribution is 6.33. The van der Waals surface area contributed by atoms with Crippen LogP contribution in [-0.2, 0) is 6.42 Å². The largest absolute Gasteiger partial charge is 0.353 e. The van der Waals surface area contributed by atoms with Crippen LogP contribution < -0.4 is 10.5 Å². The van der Waals surface area contributed by atoms with E-state index in [4.69, 9.17) is 11.6 Å². The van der Waals surface area contributed by atoms with Gasteiger partial charge in [0.1, 0.15) is 17.5 Å². The first kappa shape index (κ1) is 21.0. The van der Waals surface area contributed by atoms with Gasteiger partial charge in [-0.1, -0.05) is 24.6 Å². The van der Waals surface area contributed by atoms with E-state index in [0.29, 0.717) is 38.4 Å². The lowest BCUT2D eigenvalue weighted by Gasteiger charge is -2.35. The smallest absolute Gasteiger partial charge is 0.258 e. The van der Waals surface area contributed by atoms with E-state index in [1.54, 1.807) is 11.1 Å². The molecule has 160 valence electrons. The molecule has 2 aromatic heterocycles. The molecule has 1 N–H and O–H groups in total. The van der Waals surface area contributed by atoms with Gasteiger partial charge < -0.3 is 14.8 Å². The molecule has 4 rings (SSSR count). The molecule has 1 amide bonds. The van der Waals surface area contributed by atoms with E-state index in [0.717, 1.165) is 17.1 Å². The Kier molecular flexibility index (Phi) is 5.99. The van der Waals surface area contributed by atoms with Crippen molar-refractivity contribution in [2.75, 3.05) is 31.1 Å². The first-order chi connectivity index (χ1) is 15.0. The number of pyridine rings is 1. The van der Waals surface area contributed by atoms with E-state index in [-0.39, 0.29) is 16.1 Å². The highest BCUT2D eigenvalue weighted by atomic mass is 35.5. The van der Waals surface area contributed by atoms with E-state index < -0.39 is 11.7 Å². The Labute approximate surface area is 183 Å².